The van der Waals surface area contributed by atoms with Crippen LogP contribution in [0.25, 0.3) is 0 Å². The maximum Gasteiger partial charge on any atom is 0.118 e. The van der Waals surface area contributed by atoms with E-state index < -0.39 is 0 Å². The summed E-state index contributed by atoms with van der Waals surface area (Å²) >= 11 is 7.80. The van der Waals surface area contributed by atoms with Gasteiger partial charge in [-0.1, -0.05) is 29.4 Å². The van der Waals surface area contributed by atoms with E-state index in [1.807, 2.05) is 43.3 Å². The summed E-state index contributed by atoms with van der Waals surface area (Å²) in [5, 5.41) is 0.745. The molecule has 0 saturated heterocycles. The second kappa shape index (κ2) is 7.02. The van der Waals surface area contributed by atoms with Crippen molar-refractivity contribution in [2.24, 2.45) is 5.73 Å². The minimum absolute atomic E-state index is 0.131. The molecular formula is C16H18ClNOS. The van der Waals surface area contributed by atoms with Gasteiger partial charge in [0.05, 0.1) is 7.11 Å². The van der Waals surface area contributed by atoms with E-state index in [1.165, 1.54) is 5.56 Å². The van der Waals surface area contributed by atoms with Gasteiger partial charge < -0.3 is 10.5 Å². The summed E-state index contributed by atoms with van der Waals surface area (Å²) in [6.07, 6.45) is 0.843. The van der Waals surface area contributed by atoms with E-state index in [9.17, 15) is 0 Å². The van der Waals surface area contributed by atoms with Crippen LogP contribution in [-0.2, 0) is 6.42 Å². The molecule has 0 aromatic heterocycles. The third-order valence-electron chi connectivity index (χ3n) is 2.86. The number of hydrogen-bond acceptors (Lipinski definition) is 3. The summed E-state index contributed by atoms with van der Waals surface area (Å²) < 4.78 is 5.17. The van der Waals surface area contributed by atoms with Crippen molar-refractivity contribution in [3.8, 4) is 5.75 Å². The Labute approximate surface area is 129 Å². The van der Waals surface area contributed by atoms with Gasteiger partial charge >= 0.3 is 0 Å². The summed E-state index contributed by atoms with van der Waals surface area (Å²) in [7, 11) is 1.67. The SMILES string of the molecule is COc1ccc(Sc2cc(Cl)ccc2CC(C)N)cc1. The lowest BCUT2D eigenvalue weighted by Gasteiger charge is -2.12. The molecule has 0 heterocycles. The van der Waals surface area contributed by atoms with Gasteiger partial charge in [0.25, 0.3) is 0 Å². The topological polar surface area (TPSA) is 35.2 Å². The second-order valence-corrected chi connectivity index (χ2v) is 6.26. The van der Waals surface area contributed by atoms with Crippen molar-refractivity contribution >= 4 is 23.4 Å². The van der Waals surface area contributed by atoms with E-state index >= 15 is 0 Å². The van der Waals surface area contributed by atoms with Crippen molar-refractivity contribution in [1.29, 1.82) is 0 Å². The van der Waals surface area contributed by atoms with Gasteiger partial charge in [0.2, 0.25) is 0 Å². The molecule has 2 aromatic rings. The first-order valence-electron chi connectivity index (χ1n) is 6.44. The largest absolute Gasteiger partial charge is 0.497 e. The Hall–Kier alpha value is -1.16. The molecule has 2 nitrogen and oxygen atoms in total. The minimum Gasteiger partial charge on any atom is -0.497 e. The Morgan fingerprint density at radius 3 is 2.50 bits per heavy atom. The zero-order valence-electron chi connectivity index (χ0n) is 11.6. The molecule has 20 heavy (non-hydrogen) atoms. The zero-order chi connectivity index (χ0) is 14.5. The van der Waals surface area contributed by atoms with Crippen molar-refractivity contribution in [2.75, 3.05) is 7.11 Å². The van der Waals surface area contributed by atoms with E-state index in [0.717, 1.165) is 27.0 Å². The molecule has 2 N–H and O–H groups in total. The molecule has 0 fully saturated rings. The number of nitrogens with two attached hydrogens (primary N) is 1. The molecular weight excluding hydrogens is 290 g/mol. The highest BCUT2D eigenvalue weighted by Gasteiger charge is 2.08. The maximum absolute atomic E-state index is 6.10. The van der Waals surface area contributed by atoms with Crippen molar-refractivity contribution in [3.63, 3.8) is 0 Å². The summed E-state index contributed by atoms with van der Waals surface area (Å²) in [4.78, 5) is 2.30. The molecule has 0 aliphatic carbocycles. The molecule has 0 aliphatic rings. The number of halogens is 1. The van der Waals surface area contributed by atoms with E-state index in [0.29, 0.717) is 0 Å². The van der Waals surface area contributed by atoms with Gasteiger partial charge in [-0.05, 0) is 55.3 Å². The molecule has 4 heteroatoms. The lowest BCUT2D eigenvalue weighted by Crippen LogP contribution is -2.18. The lowest BCUT2D eigenvalue weighted by atomic mass is 10.1. The quantitative estimate of drug-likeness (QED) is 0.890. The highest BCUT2D eigenvalue weighted by Crippen LogP contribution is 2.33. The number of rotatable bonds is 5. The molecule has 0 radical (unpaired) electrons. The molecule has 1 unspecified atom stereocenters. The van der Waals surface area contributed by atoms with E-state index in [-0.39, 0.29) is 6.04 Å². The summed E-state index contributed by atoms with van der Waals surface area (Å²) in [6, 6.07) is 14.1. The average Bonchev–Trinajstić information content (AvgIpc) is 2.42. The molecule has 106 valence electrons. The van der Waals surface area contributed by atoms with Gasteiger partial charge in [-0.25, -0.2) is 0 Å². The van der Waals surface area contributed by atoms with Gasteiger partial charge in [0.1, 0.15) is 5.75 Å². The van der Waals surface area contributed by atoms with E-state index in [1.54, 1.807) is 18.9 Å². The van der Waals surface area contributed by atoms with Crippen molar-refractivity contribution in [2.45, 2.75) is 29.2 Å². The van der Waals surface area contributed by atoms with E-state index in [4.69, 9.17) is 22.1 Å². The maximum atomic E-state index is 6.10. The number of hydrogen-bond donors (Lipinski definition) is 1. The van der Waals surface area contributed by atoms with Crippen LogP contribution >= 0.6 is 23.4 Å². The summed E-state index contributed by atoms with van der Waals surface area (Å²) in [5.74, 6) is 0.858. The zero-order valence-corrected chi connectivity index (χ0v) is 13.2. The van der Waals surface area contributed by atoms with Gasteiger partial charge in [0.15, 0.2) is 0 Å². The molecule has 0 amide bonds. The van der Waals surface area contributed by atoms with Crippen LogP contribution in [-0.4, -0.2) is 13.2 Å². The molecule has 1 atom stereocenters. The van der Waals surface area contributed by atoms with Crippen LogP contribution in [0.2, 0.25) is 5.02 Å². The van der Waals surface area contributed by atoms with Crippen LogP contribution in [0.1, 0.15) is 12.5 Å². The van der Waals surface area contributed by atoms with Crippen LogP contribution in [0.15, 0.2) is 52.3 Å². The van der Waals surface area contributed by atoms with Crippen molar-refractivity contribution in [3.05, 3.63) is 53.1 Å². The first kappa shape index (κ1) is 15.2. The standard InChI is InChI=1S/C16H18ClNOS/c1-11(18)9-12-3-4-13(17)10-16(12)20-15-7-5-14(19-2)6-8-15/h3-8,10-11H,9,18H2,1-2H3. The Kier molecular flexibility index (Phi) is 5.35. The fraction of sp³-hybridized carbons (Fsp3) is 0.250. The first-order valence-corrected chi connectivity index (χ1v) is 7.64. The number of ether oxygens (including phenoxy) is 1. The third kappa shape index (κ3) is 4.17. The van der Waals surface area contributed by atoms with Crippen LogP contribution in [0.4, 0.5) is 0 Å². The summed E-state index contributed by atoms with van der Waals surface area (Å²) in [5.41, 5.74) is 7.13. The molecule has 2 rings (SSSR count). The Balaban J connectivity index is 2.24. The van der Waals surface area contributed by atoms with Gasteiger partial charge in [0, 0.05) is 20.9 Å². The Morgan fingerprint density at radius 2 is 1.90 bits per heavy atom. The number of methoxy groups -OCH3 is 1. The predicted octanol–water partition coefficient (Wildman–Crippen LogP) is 4.39. The molecule has 0 spiro atoms. The Morgan fingerprint density at radius 1 is 1.20 bits per heavy atom. The first-order chi connectivity index (χ1) is 9.58. The van der Waals surface area contributed by atoms with E-state index in [2.05, 4.69) is 6.07 Å². The molecule has 0 bridgehead atoms. The summed E-state index contributed by atoms with van der Waals surface area (Å²) in [6.45, 7) is 2.01. The predicted molar refractivity (Wildman–Crippen MR) is 85.9 cm³/mol. The lowest BCUT2D eigenvalue weighted by molar-refractivity contribution is 0.414. The molecule has 2 aromatic carbocycles. The van der Waals surface area contributed by atoms with Crippen LogP contribution in [0.3, 0.4) is 0 Å². The fourth-order valence-corrected chi connectivity index (χ4v) is 3.14. The van der Waals surface area contributed by atoms with Gasteiger partial charge in [-0.3, -0.25) is 0 Å². The third-order valence-corrected chi connectivity index (χ3v) is 4.20. The average molecular weight is 308 g/mol. The normalized spacial score (nSPS) is 12.2. The minimum atomic E-state index is 0.131. The molecule has 0 aliphatic heterocycles. The van der Waals surface area contributed by atoms with Crippen LogP contribution < -0.4 is 10.5 Å². The fourth-order valence-electron chi connectivity index (χ4n) is 1.91. The highest BCUT2D eigenvalue weighted by molar-refractivity contribution is 7.99. The van der Waals surface area contributed by atoms with Crippen LogP contribution in [0.5, 0.6) is 5.75 Å². The molecule has 0 saturated carbocycles. The van der Waals surface area contributed by atoms with Crippen molar-refractivity contribution in [1.82, 2.24) is 0 Å². The van der Waals surface area contributed by atoms with Crippen molar-refractivity contribution < 1.29 is 4.74 Å². The highest BCUT2D eigenvalue weighted by atomic mass is 35.5. The number of benzene rings is 2. The smallest absolute Gasteiger partial charge is 0.118 e. The van der Waals surface area contributed by atoms with Crippen LogP contribution in [0, 0.1) is 0 Å². The van der Waals surface area contributed by atoms with Gasteiger partial charge in [-0.2, -0.15) is 0 Å². The van der Waals surface area contributed by atoms with Gasteiger partial charge in [-0.15, -0.1) is 0 Å². The second-order valence-electron chi connectivity index (χ2n) is 4.71. The Bertz CT molecular complexity index is 569. The monoisotopic (exact) mass is 307 g/mol.